The van der Waals surface area contributed by atoms with Crippen LogP contribution in [0.1, 0.15) is 35.9 Å². The molecule has 0 saturated carbocycles. The van der Waals surface area contributed by atoms with Crippen molar-refractivity contribution < 1.29 is 14.3 Å². The maximum absolute atomic E-state index is 14.0. The molecule has 0 atom stereocenters. The van der Waals surface area contributed by atoms with Crippen LogP contribution < -0.4 is 0 Å². The fourth-order valence-electron chi connectivity index (χ4n) is 1.78. The summed E-state index contributed by atoms with van der Waals surface area (Å²) in [6.07, 6.45) is 1.28. The van der Waals surface area contributed by atoms with Crippen molar-refractivity contribution in [1.29, 1.82) is 0 Å². The lowest BCUT2D eigenvalue weighted by molar-refractivity contribution is 0.0696. The van der Waals surface area contributed by atoms with Crippen molar-refractivity contribution in [3.05, 3.63) is 41.2 Å². The average molecular weight is 263 g/mol. The predicted molar refractivity (Wildman–Crippen MR) is 67.0 cm³/mol. The topological polar surface area (TPSA) is 68.0 Å². The molecule has 1 heterocycles. The van der Waals surface area contributed by atoms with Crippen LogP contribution in [-0.2, 0) is 12.8 Å². The van der Waals surface area contributed by atoms with Crippen molar-refractivity contribution in [2.45, 2.75) is 26.7 Å². The Bertz CT molecular complexity index is 622. The van der Waals surface area contributed by atoms with Crippen LogP contribution in [0.15, 0.2) is 18.2 Å². The van der Waals surface area contributed by atoms with Crippen molar-refractivity contribution in [1.82, 2.24) is 14.8 Å². The van der Waals surface area contributed by atoms with Crippen LogP contribution in [0.5, 0.6) is 0 Å². The molecule has 0 amide bonds. The summed E-state index contributed by atoms with van der Waals surface area (Å²) >= 11 is 0. The molecule has 6 heteroatoms. The second-order valence-corrected chi connectivity index (χ2v) is 4.03. The van der Waals surface area contributed by atoms with Gasteiger partial charge < -0.3 is 5.11 Å². The van der Waals surface area contributed by atoms with Crippen molar-refractivity contribution in [3.8, 4) is 5.69 Å². The molecule has 2 aromatic rings. The maximum atomic E-state index is 14.0. The largest absolute Gasteiger partial charge is 0.478 e. The minimum Gasteiger partial charge on any atom is -0.478 e. The standard InChI is InChI=1S/C13H14FN3O2/c1-3-11-15-12(4-2)17(16-11)10-6-5-8(13(18)19)7-9(10)14/h5-7H,3-4H2,1-2H3,(H,18,19). The molecule has 2 rings (SSSR count). The van der Waals surface area contributed by atoms with Gasteiger partial charge in [0.15, 0.2) is 5.82 Å². The first-order chi connectivity index (χ1) is 9.06. The van der Waals surface area contributed by atoms with Gasteiger partial charge in [0.05, 0.1) is 5.56 Å². The number of hydrogen-bond donors (Lipinski definition) is 1. The quantitative estimate of drug-likeness (QED) is 0.918. The van der Waals surface area contributed by atoms with Crippen LogP contribution in [0.2, 0.25) is 0 Å². The molecule has 0 fully saturated rings. The van der Waals surface area contributed by atoms with E-state index < -0.39 is 11.8 Å². The summed E-state index contributed by atoms with van der Waals surface area (Å²) in [4.78, 5) is 15.1. The average Bonchev–Trinajstić information content (AvgIpc) is 2.81. The van der Waals surface area contributed by atoms with E-state index >= 15 is 0 Å². The van der Waals surface area contributed by atoms with Gasteiger partial charge in [-0.1, -0.05) is 13.8 Å². The molecule has 5 nitrogen and oxygen atoms in total. The van der Waals surface area contributed by atoms with Gasteiger partial charge in [-0.15, -0.1) is 0 Å². The van der Waals surface area contributed by atoms with Crippen molar-refractivity contribution >= 4 is 5.97 Å². The highest BCUT2D eigenvalue weighted by Gasteiger charge is 2.14. The third-order valence-electron chi connectivity index (χ3n) is 2.77. The number of carboxylic acid groups (broad SMARTS) is 1. The first kappa shape index (κ1) is 13.2. The molecular formula is C13H14FN3O2. The zero-order valence-corrected chi connectivity index (χ0v) is 10.7. The van der Waals surface area contributed by atoms with Gasteiger partial charge in [-0.05, 0) is 18.2 Å². The molecule has 0 unspecified atom stereocenters. The van der Waals surface area contributed by atoms with Crippen LogP contribution in [0.3, 0.4) is 0 Å². The first-order valence-electron chi connectivity index (χ1n) is 6.04. The van der Waals surface area contributed by atoms with Crippen LogP contribution in [0, 0.1) is 5.82 Å². The van der Waals surface area contributed by atoms with E-state index in [9.17, 15) is 9.18 Å². The summed E-state index contributed by atoms with van der Waals surface area (Å²) in [5.41, 5.74) is 0.129. The molecule has 100 valence electrons. The van der Waals surface area contributed by atoms with E-state index in [2.05, 4.69) is 10.1 Å². The number of aromatic nitrogens is 3. The van der Waals surface area contributed by atoms with Gasteiger partial charge in [-0.25, -0.2) is 18.9 Å². The molecule has 0 spiro atoms. The summed E-state index contributed by atoms with van der Waals surface area (Å²) in [6.45, 7) is 3.83. The minimum absolute atomic E-state index is 0.0878. The van der Waals surface area contributed by atoms with E-state index in [1.54, 1.807) is 0 Å². The van der Waals surface area contributed by atoms with E-state index in [-0.39, 0.29) is 11.3 Å². The monoisotopic (exact) mass is 263 g/mol. The van der Waals surface area contributed by atoms with Gasteiger partial charge in [0.2, 0.25) is 0 Å². The Morgan fingerprint density at radius 2 is 2.11 bits per heavy atom. The highest BCUT2D eigenvalue weighted by Crippen LogP contribution is 2.17. The van der Waals surface area contributed by atoms with Gasteiger partial charge in [-0.2, -0.15) is 5.10 Å². The zero-order valence-electron chi connectivity index (χ0n) is 10.7. The molecule has 0 saturated heterocycles. The van der Waals surface area contributed by atoms with Gasteiger partial charge in [0.25, 0.3) is 0 Å². The number of carbonyl (C=O) groups is 1. The molecule has 0 radical (unpaired) electrons. The summed E-state index contributed by atoms with van der Waals surface area (Å²) in [5, 5.41) is 13.0. The Morgan fingerprint density at radius 1 is 1.37 bits per heavy atom. The number of rotatable bonds is 4. The number of aryl methyl sites for hydroxylation is 2. The van der Waals surface area contributed by atoms with E-state index in [4.69, 9.17) is 5.11 Å². The second-order valence-electron chi connectivity index (χ2n) is 4.03. The van der Waals surface area contributed by atoms with Crippen LogP contribution in [0.25, 0.3) is 5.69 Å². The van der Waals surface area contributed by atoms with Gasteiger partial charge in [-0.3, -0.25) is 0 Å². The normalized spacial score (nSPS) is 10.7. The molecule has 0 bridgehead atoms. The highest BCUT2D eigenvalue weighted by atomic mass is 19.1. The Hall–Kier alpha value is -2.24. The molecular weight excluding hydrogens is 249 g/mol. The van der Waals surface area contributed by atoms with E-state index in [1.165, 1.54) is 16.8 Å². The van der Waals surface area contributed by atoms with Gasteiger partial charge in [0, 0.05) is 12.8 Å². The number of carboxylic acids is 1. The fourth-order valence-corrected chi connectivity index (χ4v) is 1.78. The maximum Gasteiger partial charge on any atom is 0.335 e. The predicted octanol–water partition coefficient (Wildman–Crippen LogP) is 2.23. The van der Waals surface area contributed by atoms with Crippen LogP contribution >= 0.6 is 0 Å². The fraction of sp³-hybridized carbons (Fsp3) is 0.308. The SMILES string of the molecule is CCc1nc(CC)n(-c2ccc(C(=O)O)cc2F)n1. The molecule has 1 N–H and O–H groups in total. The molecule has 0 aliphatic heterocycles. The third-order valence-corrected chi connectivity index (χ3v) is 2.77. The van der Waals surface area contributed by atoms with E-state index in [0.29, 0.717) is 24.5 Å². The van der Waals surface area contributed by atoms with Gasteiger partial charge in [0.1, 0.15) is 17.3 Å². The lowest BCUT2D eigenvalue weighted by Crippen LogP contribution is -2.06. The Morgan fingerprint density at radius 3 is 2.63 bits per heavy atom. The Kier molecular flexibility index (Phi) is 3.59. The molecule has 1 aromatic heterocycles. The zero-order chi connectivity index (χ0) is 14.0. The summed E-state index contributed by atoms with van der Waals surface area (Å²) in [6, 6.07) is 3.75. The molecule has 0 aliphatic carbocycles. The lowest BCUT2D eigenvalue weighted by Gasteiger charge is -2.06. The number of halogens is 1. The van der Waals surface area contributed by atoms with E-state index in [1.807, 2.05) is 13.8 Å². The molecule has 19 heavy (non-hydrogen) atoms. The highest BCUT2D eigenvalue weighted by molar-refractivity contribution is 5.87. The van der Waals surface area contributed by atoms with Crippen LogP contribution in [0.4, 0.5) is 4.39 Å². The van der Waals surface area contributed by atoms with Crippen molar-refractivity contribution in [3.63, 3.8) is 0 Å². The van der Waals surface area contributed by atoms with E-state index in [0.717, 1.165) is 6.07 Å². The third kappa shape index (κ3) is 2.47. The summed E-state index contributed by atoms with van der Waals surface area (Å²) in [5.74, 6) is -0.492. The molecule has 0 aliphatic rings. The van der Waals surface area contributed by atoms with Crippen LogP contribution in [-0.4, -0.2) is 25.8 Å². The minimum atomic E-state index is -1.16. The Labute approximate surface area is 109 Å². The molecule has 1 aromatic carbocycles. The number of benzene rings is 1. The van der Waals surface area contributed by atoms with Crippen molar-refractivity contribution in [2.24, 2.45) is 0 Å². The Balaban J connectivity index is 2.52. The number of hydrogen-bond acceptors (Lipinski definition) is 3. The lowest BCUT2D eigenvalue weighted by atomic mass is 10.2. The second kappa shape index (κ2) is 5.17. The van der Waals surface area contributed by atoms with Gasteiger partial charge >= 0.3 is 5.97 Å². The summed E-state index contributed by atoms with van der Waals surface area (Å²) in [7, 11) is 0. The number of nitrogens with zero attached hydrogens (tertiary/aromatic N) is 3. The first-order valence-corrected chi connectivity index (χ1v) is 6.04. The van der Waals surface area contributed by atoms with Crippen molar-refractivity contribution in [2.75, 3.05) is 0 Å². The number of aromatic carboxylic acids is 1. The summed E-state index contributed by atoms with van der Waals surface area (Å²) < 4.78 is 15.4. The smallest absolute Gasteiger partial charge is 0.335 e.